The van der Waals surface area contributed by atoms with E-state index in [1.54, 1.807) is 30.3 Å². The highest BCUT2D eigenvalue weighted by Crippen LogP contribution is 2.20. The molecule has 0 bridgehead atoms. The molecule has 2 aromatic rings. The van der Waals surface area contributed by atoms with Crippen LogP contribution in [0.25, 0.3) is 0 Å². The van der Waals surface area contributed by atoms with Gasteiger partial charge in [-0.15, -0.1) is 0 Å². The summed E-state index contributed by atoms with van der Waals surface area (Å²) in [6.07, 6.45) is 0. The number of benzene rings is 2. The molecule has 6 nitrogen and oxygen atoms in total. The molecule has 2 rings (SSSR count). The predicted molar refractivity (Wildman–Crippen MR) is 111 cm³/mol. The molecule has 0 spiro atoms. The van der Waals surface area contributed by atoms with Crippen molar-refractivity contribution in [2.75, 3.05) is 13.6 Å². The van der Waals surface area contributed by atoms with Crippen LogP contribution < -0.4 is 15.4 Å². The fraction of sp³-hybridized carbons (Fsp3) is 0.278. The van der Waals surface area contributed by atoms with Crippen molar-refractivity contribution < 1.29 is 8.42 Å². The molecule has 0 heterocycles. The Morgan fingerprint density at radius 2 is 1.89 bits per heavy atom. The third-order valence-corrected chi connectivity index (χ3v) is 5.70. The summed E-state index contributed by atoms with van der Waals surface area (Å²) in [7, 11) is -2.10. The molecule has 9 heteroatoms. The molecule has 0 fully saturated rings. The molecule has 0 radical (unpaired) electrons. The van der Waals surface area contributed by atoms with Gasteiger partial charge in [0, 0.05) is 23.1 Å². The quantitative estimate of drug-likeness (QED) is 0.467. The Morgan fingerprint density at radius 3 is 2.56 bits per heavy atom. The standard InChI is InChI=1S/C18H22Cl2N4O2S/c1-3-22-18(24-12-14-7-8-15(19)10-17(14)20)23-11-13-5-4-6-16(9-13)27(25,26)21-2/h4-10,21H,3,11-12H2,1-2H3,(H2,22,23,24). The Morgan fingerprint density at radius 1 is 1.11 bits per heavy atom. The van der Waals surface area contributed by atoms with Gasteiger partial charge in [0.15, 0.2) is 5.96 Å². The highest BCUT2D eigenvalue weighted by atomic mass is 35.5. The fourth-order valence-electron chi connectivity index (χ4n) is 2.28. The van der Waals surface area contributed by atoms with Gasteiger partial charge in [0.25, 0.3) is 0 Å². The third-order valence-electron chi connectivity index (χ3n) is 3.70. The van der Waals surface area contributed by atoms with E-state index in [0.29, 0.717) is 35.6 Å². The Hall–Kier alpha value is -1.80. The fourth-order valence-corrected chi connectivity index (χ4v) is 3.56. The second-order valence-electron chi connectivity index (χ2n) is 5.64. The first-order valence-corrected chi connectivity index (χ1v) is 10.6. The van der Waals surface area contributed by atoms with Crippen LogP contribution in [0.1, 0.15) is 18.1 Å². The van der Waals surface area contributed by atoms with Crippen molar-refractivity contribution in [2.24, 2.45) is 4.99 Å². The van der Waals surface area contributed by atoms with Crippen LogP contribution in [0.5, 0.6) is 0 Å². The van der Waals surface area contributed by atoms with Gasteiger partial charge in [-0.1, -0.05) is 41.4 Å². The van der Waals surface area contributed by atoms with Crippen molar-refractivity contribution in [2.45, 2.75) is 24.9 Å². The molecule has 3 N–H and O–H groups in total. The van der Waals surface area contributed by atoms with Gasteiger partial charge < -0.3 is 10.6 Å². The summed E-state index contributed by atoms with van der Waals surface area (Å²) >= 11 is 12.1. The molecule has 0 atom stereocenters. The molecular formula is C18H22Cl2N4O2S. The molecule has 0 saturated carbocycles. The molecule has 0 unspecified atom stereocenters. The van der Waals surface area contributed by atoms with Crippen molar-refractivity contribution in [1.29, 1.82) is 0 Å². The van der Waals surface area contributed by atoms with Crippen molar-refractivity contribution in [1.82, 2.24) is 15.4 Å². The van der Waals surface area contributed by atoms with Gasteiger partial charge >= 0.3 is 0 Å². The zero-order valence-corrected chi connectivity index (χ0v) is 17.4. The van der Waals surface area contributed by atoms with Crippen LogP contribution in [0.3, 0.4) is 0 Å². The van der Waals surface area contributed by atoms with Gasteiger partial charge in [0.2, 0.25) is 10.0 Å². The van der Waals surface area contributed by atoms with Gasteiger partial charge in [0.1, 0.15) is 0 Å². The van der Waals surface area contributed by atoms with Crippen molar-refractivity contribution in [3.63, 3.8) is 0 Å². The summed E-state index contributed by atoms with van der Waals surface area (Å²) in [5, 5.41) is 7.52. The molecule has 0 amide bonds. The smallest absolute Gasteiger partial charge is 0.240 e. The average Bonchev–Trinajstić information content (AvgIpc) is 2.65. The zero-order chi connectivity index (χ0) is 19.9. The first-order chi connectivity index (χ1) is 12.9. The number of rotatable bonds is 7. The summed E-state index contributed by atoms with van der Waals surface area (Å²) in [4.78, 5) is 4.72. The molecule has 27 heavy (non-hydrogen) atoms. The van der Waals surface area contributed by atoms with E-state index < -0.39 is 10.0 Å². The van der Waals surface area contributed by atoms with Gasteiger partial charge in [-0.3, -0.25) is 0 Å². The number of hydrogen-bond donors (Lipinski definition) is 3. The van der Waals surface area contributed by atoms with E-state index in [1.807, 2.05) is 19.1 Å². The van der Waals surface area contributed by atoms with Gasteiger partial charge in [-0.2, -0.15) is 0 Å². The molecule has 0 aliphatic carbocycles. The number of hydrogen-bond acceptors (Lipinski definition) is 3. The van der Waals surface area contributed by atoms with Crippen LogP contribution in [0.2, 0.25) is 10.0 Å². The monoisotopic (exact) mass is 428 g/mol. The number of aliphatic imine (C=N–C) groups is 1. The second-order valence-corrected chi connectivity index (χ2v) is 8.37. The molecule has 146 valence electrons. The molecule has 0 aliphatic heterocycles. The number of nitrogens with zero attached hydrogens (tertiary/aromatic N) is 1. The van der Waals surface area contributed by atoms with Crippen LogP contribution >= 0.6 is 23.2 Å². The summed E-state index contributed by atoms with van der Waals surface area (Å²) in [5.74, 6) is 0.602. The van der Waals surface area contributed by atoms with E-state index in [9.17, 15) is 8.42 Å². The first-order valence-electron chi connectivity index (χ1n) is 8.34. The number of sulfonamides is 1. The van der Waals surface area contributed by atoms with Gasteiger partial charge in [0.05, 0.1) is 11.4 Å². The molecule has 2 aromatic carbocycles. The maximum atomic E-state index is 11.9. The number of guanidine groups is 1. The highest BCUT2D eigenvalue weighted by Gasteiger charge is 2.11. The number of nitrogens with one attached hydrogen (secondary N) is 3. The summed E-state index contributed by atoms with van der Waals surface area (Å²) in [6, 6.07) is 12.0. The SMILES string of the molecule is CCNC(=NCc1cccc(S(=O)(=O)NC)c1)NCc1ccc(Cl)cc1Cl. The van der Waals surface area contributed by atoms with Crippen LogP contribution in [0.15, 0.2) is 52.4 Å². The van der Waals surface area contributed by atoms with E-state index in [-0.39, 0.29) is 4.90 Å². The maximum absolute atomic E-state index is 11.9. The lowest BCUT2D eigenvalue weighted by atomic mass is 10.2. The van der Waals surface area contributed by atoms with Gasteiger partial charge in [-0.05, 0) is 49.4 Å². The maximum Gasteiger partial charge on any atom is 0.240 e. The Bertz CT molecular complexity index is 917. The highest BCUT2D eigenvalue weighted by molar-refractivity contribution is 7.89. The summed E-state index contributed by atoms with van der Waals surface area (Å²) in [6.45, 7) is 3.47. The molecule has 0 aliphatic rings. The Balaban J connectivity index is 2.10. The second kappa shape index (κ2) is 9.94. The Labute approximate surface area is 170 Å². The molecule has 0 aromatic heterocycles. The lowest BCUT2D eigenvalue weighted by molar-refractivity contribution is 0.588. The lowest BCUT2D eigenvalue weighted by Crippen LogP contribution is -2.36. The van der Waals surface area contributed by atoms with E-state index in [4.69, 9.17) is 23.2 Å². The molecular weight excluding hydrogens is 407 g/mol. The average molecular weight is 429 g/mol. The van der Waals surface area contributed by atoms with Crippen LogP contribution in [0.4, 0.5) is 0 Å². The number of halogens is 2. The van der Waals surface area contributed by atoms with Crippen LogP contribution in [-0.2, 0) is 23.1 Å². The summed E-state index contributed by atoms with van der Waals surface area (Å²) < 4.78 is 26.1. The first kappa shape index (κ1) is 21.5. The minimum absolute atomic E-state index is 0.212. The third kappa shape index (κ3) is 6.39. The van der Waals surface area contributed by atoms with E-state index in [1.165, 1.54) is 7.05 Å². The van der Waals surface area contributed by atoms with E-state index in [2.05, 4.69) is 20.3 Å². The van der Waals surface area contributed by atoms with Crippen molar-refractivity contribution in [3.05, 3.63) is 63.6 Å². The Kier molecular flexibility index (Phi) is 7.91. The van der Waals surface area contributed by atoms with Crippen molar-refractivity contribution >= 4 is 39.2 Å². The minimum Gasteiger partial charge on any atom is -0.357 e. The lowest BCUT2D eigenvalue weighted by Gasteiger charge is -2.12. The largest absolute Gasteiger partial charge is 0.357 e. The van der Waals surface area contributed by atoms with E-state index >= 15 is 0 Å². The minimum atomic E-state index is -3.48. The van der Waals surface area contributed by atoms with E-state index in [0.717, 1.165) is 11.1 Å². The predicted octanol–water partition coefficient (Wildman–Crippen LogP) is 3.16. The van der Waals surface area contributed by atoms with Crippen LogP contribution in [0, 0.1) is 0 Å². The summed E-state index contributed by atoms with van der Waals surface area (Å²) in [5.41, 5.74) is 1.68. The topological polar surface area (TPSA) is 82.6 Å². The van der Waals surface area contributed by atoms with Crippen molar-refractivity contribution in [3.8, 4) is 0 Å². The van der Waals surface area contributed by atoms with Gasteiger partial charge in [-0.25, -0.2) is 18.1 Å². The van der Waals surface area contributed by atoms with Crippen LogP contribution in [-0.4, -0.2) is 28.0 Å². The zero-order valence-electron chi connectivity index (χ0n) is 15.1. The molecule has 0 saturated heterocycles. The normalized spacial score (nSPS) is 12.1.